The van der Waals surface area contributed by atoms with E-state index in [0.717, 1.165) is 25.8 Å². The number of hydrogen-bond acceptors (Lipinski definition) is 6. The van der Waals surface area contributed by atoms with Gasteiger partial charge in [-0.25, -0.2) is 9.78 Å². The number of rotatable bonds is 8. The smallest absolute Gasteiger partial charge is 0.322 e. The van der Waals surface area contributed by atoms with Crippen LogP contribution in [0.2, 0.25) is 0 Å². The Morgan fingerprint density at radius 3 is 2.61 bits per heavy atom. The number of likely N-dealkylation sites (N-methyl/N-ethyl adjacent to an activating group) is 1. The van der Waals surface area contributed by atoms with Crippen molar-refractivity contribution < 1.29 is 14.4 Å². The Morgan fingerprint density at radius 1 is 1.18 bits per heavy atom. The van der Waals surface area contributed by atoms with Gasteiger partial charge < -0.3 is 5.32 Å². The van der Waals surface area contributed by atoms with Gasteiger partial charge in [0, 0.05) is 0 Å². The number of urea groups is 1. The van der Waals surface area contributed by atoms with Gasteiger partial charge in [-0.2, -0.15) is 5.01 Å². The van der Waals surface area contributed by atoms with Gasteiger partial charge in [0.2, 0.25) is 0 Å². The maximum Gasteiger partial charge on any atom is 0.344 e. The lowest BCUT2D eigenvalue weighted by atomic mass is 9.93. The lowest BCUT2D eigenvalue weighted by Gasteiger charge is -2.24. The second kappa shape index (κ2) is 9.29. The van der Waals surface area contributed by atoms with E-state index in [9.17, 15) is 14.4 Å². The van der Waals surface area contributed by atoms with Crippen molar-refractivity contribution in [1.82, 2.24) is 25.6 Å². The first-order valence-electron chi connectivity index (χ1n) is 10.8. The van der Waals surface area contributed by atoms with Crippen molar-refractivity contribution in [3.8, 4) is 0 Å². The second-order valence-corrected chi connectivity index (χ2v) is 9.60. The van der Waals surface area contributed by atoms with Gasteiger partial charge in [0.15, 0.2) is 0 Å². The Kier molecular flexibility index (Phi) is 6.44. The number of fused-ring (bicyclic) bond motifs is 1. The number of thiazole rings is 1. The monoisotopic (exact) mass is 465 g/mol. The van der Waals surface area contributed by atoms with Crippen LogP contribution in [0.4, 0.5) is 4.79 Å². The number of imide groups is 1. The maximum atomic E-state index is 12.9. The van der Waals surface area contributed by atoms with Crippen molar-refractivity contribution >= 4 is 39.4 Å². The van der Waals surface area contributed by atoms with Crippen molar-refractivity contribution in [3.05, 3.63) is 65.2 Å². The van der Waals surface area contributed by atoms with Gasteiger partial charge in [-0.05, 0) is 51.4 Å². The van der Waals surface area contributed by atoms with Crippen LogP contribution < -0.4 is 10.7 Å². The summed E-state index contributed by atoms with van der Waals surface area (Å²) in [5.74, 6) is -0.903. The number of carbonyl (C=O) groups is 3. The third-order valence-corrected chi connectivity index (χ3v) is 7.18. The minimum atomic E-state index is -1.07. The SMILES string of the molecule is C[C@H](c1nc2ccccc2s1)N(C)CC(=O)NN1C(=O)N[C@@](C)(CCc2ccccc2)C1=O. The van der Waals surface area contributed by atoms with Crippen LogP contribution >= 0.6 is 11.3 Å². The first-order valence-corrected chi connectivity index (χ1v) is 11.6. The van der Waals surface area contributed by atoms with E-state index in [4.69, 9.17) is 0 Å². The number of nitrogens with one attached hydrogen (secondary N) is 2. The molecule has 1 aromatic heterocycles. The van der Waals surface area contributed by atoms with Crippen molar-refractivity contribution in [2.45, 2.75) is 38.3 Å². The number of benzene rings is 2. The standard InChI is InChI=1S/C24H27N5O3S/c1-16(21-25-18-11-7-8-12-19(18)33-21)28(3)15-20(30)27-29-22(31)24(2,26-23(29)32)14-13-17-9-5-4-6-10-17/h4-12,16H,13-15H2,1-3H3,(H,26,32)(H,27,30)/t16-,24+/m1/s1. The third kappa shape index (κ3) is 4.89. The summed E-state index contributed by atoms with van der Waals surface area (Å²) in [6, 6.07) is 16.9. The van der Waals surface area contributed by atoms with Gasteiger partial charge in [-0.1, -0.05) is 42.5 Å². The molecule has 4 rings (SSSR count). The highest BCUT2D eigenvalue weighted by Gasteiger charge is 2.48. The van der Waals surface area contributed by atoms with Crippen LogP contribution in [0.15, 0.2) is 54.6 Å². The summed E-state index contributed by atoms with van der Waals surface area (Å²) in [6.07, 6.45) is 1.07. The van der Waals surface area contributed by atoms with E-state index in [1.54, 1.807) is 18.3 Å². The summed E-state index contributed by atoms with van der Waals surface area (Å²) in [6.45, 7) is 3.66. The Hall–Kier alpha value is -3.30. The normalized spacial score (nSPS) is 19.2. The summed E-state index contributed by atoms with van der Waals surface area (Å²) in [7, 11) is 1.81. The Morgan fingerprint density at radius 2 is 1.88 bits per heavy atom. The molecular weight excluding hydrogens is 438 g/mol. The van der Waals surface area contributed by atoms with E-state index in [1.807, 2.05) is 73.5 Å². The molecule has 3 aromatic rings. The molecule has 1 aliphatic rings. The van der Waals surface area contributed by atoms with Crippen LogP contribution in [0.25, 0.3) is 10.2 Å². The molecule has 0 radical (unpaired) electrons. The van der Waals surface area contributed by atoms with Crippen LogP contribution in [0.1, 0.15) is 36.9 Å². The van der Waals surface area contributed by atoms with Gasteiger partial charge >= 0.3 is 6.03 Å². The number of hydrogen-bond donors (Lipinski definition) is 2. The van der Waals surface area contributed by atoms with Gasteiger partial charge in [-0.3, -0.25) is 19.9 Å². The summed E-state index contributed by atoms with van der Waals surface area (Å²) in [5, 5.41) is 4.42. The van der Waals surface area contributed by atoms with Gasteiger partial charge in [-0.15, -0.1) is 11.3 Å². The van der Waals surface area contributed by atoms with Crippen molar-refractivity contribution in [2.24, 2.45) is 0 Å². The Bertz CT molecular complexity index is 1150. The van der Waals surface area contributed by atoms with E-state index in [0.29, 0.717) is 12.8 Å². The second-order valence-electron chi connectivity index (χ2n) is 8.53. The van der Waals surface area contributed by atoms with E-state index < -0.39 is 23.4 Å². The van der Waals surface area contributed by atoms with Crippen LogP contribution in [0.3, 0.4) is 0 Å². The van der Waals surface area contributed by atoms with Gasteiger partial charge in [0.25, 0.3) is 11.8 Å². The predicted octanol–water partition coefficient (Wildman–Crippen LogP) is 3.26. The fraction of sp³-hybridized carbons (Fsp3) is 0.333. The fourth-order valence-electron chi connectivity index (χ4n) is 3.78. The molecule has 0 spiro atoms. The lowest BCUT2D eigenvalue weighted by Crippen LogP contribution is -2.51. The molecule has 9 heteroatoms. The van der Waals surface area contributed by atoms with E-state index in [1.165, 1.54) is 0 Å². The average Bonchev–Trinajstić information content (AvgIpc) is 3.33. The zero-order valence-corrected chi connectivity index (χ0v) is 19.7. The first kappa shape index (κ1) is 22.9. The number of amides is 4. The van der Waals surface area contributed by atoms with E-state index in [2.05, 4.69) is 15.7 Å². The molecule has 0 saturated carbocycles. The largest absolute Gasteiger partial charge is 0.344 e. The average molecular weight is 466 g/mol. The van der Waals surface area contributed by atoms with Crippen LogP contribution in [0, 0.1) is 0 Å². The molecule has 33 heavy (non-hydrogen) atoms. The number of carbonyl (C=O) groups excluding carboxylic acids is 3. The molecule has 172 valence electrons. The summed E-state index contributed by atoms with van der Waals surface area (Å²) in [4.78, 5) is 44.5. The summed E-state index contributed by atoms with van der Waals surface area (Å²) < 4.78 is 1.09. The number of hydrazine groups is 1. The number of nitrogens with zero attached hydrogens (tertiary/aromatic N) is 3. The zero-order valence-electron chi connectivity index (χ0n) is 18.9. The van der Waals surface area contributed by atoms with Crippen molar-refractivity contribution in [1.29, 1.82) is 0 Å². The molecular formula is C24H27N5O3S. The molecule has 4 amide bonds. The van der Waals surface area contributed by atoms with Crippen LogP contribution in [0.5, 0.6) is 0 Å². The zero-order chi connectivity index (χ0) is 23.6. The molecule has 1 fully saturated rings. The highest BCUT2D eigenvalue weighted by Crippen LogP contribution is 2.28. The molecule has 1 saturated heterocycles. The topological polar surface area (TPSA) is 94.6 Å². The number of para-hydroxylation sites is 1. The van der Waals surface area contributed by atoms with Crippen LogP contribution in [-0.2, 0) is 16.0 Å². The summed E-state index contributed by atoms with van der Waals surface area (Å²) >= 11 is 1.58. The quantitative estimate of drug-likeness (QED) is 0.498. The molecule has 2 aromatic carbocycles. The molecule has 1 aliphatic heterocycles. The molecule has 2 heterocycles. The minimum absolute atomic E-state index is 0.00881. The molecule has 0 unspecified atom stereocenters. The third-order valence-electron chi connectivity index (χ3n) is 5.98. The molecule has 0 bridgehead atoms. The van der Waals surface area contributed by atoms with E-state index >= 15 is 0 Å². The van der Waals surface area contributed by atoms with Crippen molar-refractivity contribution in [2.75, 3.05) is 13.6 Å². The molecule has 2 N–H and O–H groups in total. The lowest BCUT2D eigenvalue weighted by molar-refractivity contribution is -0.139. The fourth-order valence-corrected chi connectivity index (χ4v) is 4.86. The molecule has 2 atom stereocenters. The molecule has 0 aliphatic carbocycles. The highest BCUT2D eigenvalue weighted by molar-refractivity contribution is 7.18. The number of aryl methyl sites for hydroxylation is 1. The first-order chi connectivity index (χ1) is 15.8. The Labute approximate surface area is 196 Å². The van der Waals surface area contributed by atoms with Crippen molar-refractivity contribution in [3.63, 3.8) is 0 Å². The van der Waals surface area contributed by atoms with E-state index in [-0.39, 0.29) is 12.6 Å². The molecule has 8 nitrogen and oxygen atoms in total. The van der Waals surface area contributed by atoms with Gasteiger partial charge in [0.1, 0.15) is 10.5 Å². The van der Waals surface area contributed by atoms with Crippen LogP contribution in [-0.4, -0.2) is 51.9 Å². The highest BCUT2D eigenvalue weighted by atomic mass is 32.1. The summed E-state index contributed by atoms with van der Waals surface area (Å²) in [5.41, 5.74) is 3.41. The Balaban J connectivity index is 1.35. The predicted molar refractivity (Wildman–Crippen MR) is 127 cm³/mol. The maximum absolute atomic E-state index is 12.9. The number of aromatic nitrogens is 1. The van der Waals surface area contributed by atoms with Gasteiger partial charge in [0.05, 0.1) is 22.8 Å². The minimum Gasteiger partial charge on any atom is -0.322 e.